The maximum atomic E-state index is 11.9. The minimum Gasteiger partial charge on any atom is -0.372 e. The molecule has 0 unspecified atom stereocenters. The van der Waals surface area contributed by atoms with Crippen LogP contribution in [0, 0.1) is 10.1 Å². The van der Waals surface area contributed by atoms with Crippen LogP contribution in [0.5, 0.6) is 0 Å². The SMILES string of the molecule is CCNc1sc(S(=O)(=O)NC(C)C)cc1[N+](=O)[O-]. The summed E-state index contributed by atoms with van der Waals surface area (Å²) in [5.74, 6) is 0. The molecule has 0 amide bonds. The summed E-state index contributed by atoms with van der Waals surface area (Å²) in [6.07, 6.45) is 0. The van der Waals surface area contributed by atoms with Crippen LogP contribution in [-0.2, 0) is 10.0 Å². The summed E-state index contributed by atoms with van der Waals surface area (Å²) >= 11 is 0.858. The van der Waals surface area contributed by atoms with Crippen molar-refractivity contribution in [3.05, 3.63) is 16.2 Å². The van der Waals surface area contributed by atoms with Crippen molar-refractivity contribution in [3.8, 4) is 0 Å². The first-order valence-corrected chi connectivity index (χ1v) is 7.62. The van der Waals surface area contributed by atoms with Gasteiger partial charge in [0.05, 0.1) is 4.92 Å². The molecule has 7 nitrogen and oxygen atoms in total. The van der Waals surface area contributed by atoms with Crippen LogP contribution in [0.15, 0.2) is 10.3 Å². The quantitative estimate of drug-likeness (QED) is 0.615. The third-order valence-corrected chi connectivity index (χ3v) is 5.09. The number of thiophene rings is 1. The number of anilines is 1. The van der Waals surface area contributed by atoms with Crippen molar-refractivity contribution in [2.75, 3.05) is 11.9 Å². The predicted octanol–water partition coefficient (Wildman–Crippen LogP) is 1.77. The molecule has 0 atom stereocenters. The fourth-order valence-corrected chi connectivity index (χ4v) is 3.95. The van der Waals surface area contributed by atoms with E-state index in [1.54, 1.807) is 20.8 Å². The number of nitrogens with one attached hydrogen (secondary N) is 2. The zero-order valence-corrected chi connectivity index (χ0v) is 11.9. The second kappa shape index (κ2) is 5.63. The van der Waals surface area contributed by atoms with Crippen molar-refractivity contribution < 1.29 is 13.3 Å². The highest BCUT2D eigenvalue weighted by molar-refractivity contribution is 7.91. The van der Waals surface area contributed by atoms with Gasteiger partial charge in [0.2, 0.25) is 0 Å². The van der Waals surface area contributed by atoms with Crippen LogP contribution in [0.1, 0.15) is 20.8 Å². The molecule has 1 aromatic rings. The molecule has 0 saturated heterocycles. The molecule has 1 rings (SSSR count). The molecule has 0 aliphatic carbocycles. The van der Waals surface area contributed by atoms with Gasteiger partial charge in [-0.2, -0.15) is 0 Å². The molecule has 0 aliphatic heterocycles. The fourth-order valence-electron chi connectivity index (χ4n) is 1.28. The molecule has 0 bridgehead atoms. The zero-order valence-electron chi connectivity index (χ0n) is 10.3. The van der Waals surface area contributed by atoms with Gasteiger partial charge in [0.1, 0.15) is 4.21 Å². The van der Waals surface area contributed by atoms with Crippen LogP contribution in [-0.4, -0.2) is 25.9 Å². The third-order valence-electron chi connectivity index (χ3n) is 1.88. The highest BCUT2D eigenvalue weighted by atomic mass is 32.2. The van der Waals surface area contributed by atoms with E-state index in [0.29, 0.717) is 6.54 Å². The average molecular weight is 293 g/mol. The van der Waals surface area contributed by atoms with Crippen LogP contribution in [0.3, 0.4) is 0 Å². The lowest BCUT2D eigenvalue weighted by Crippen LogP contribution is -2.29. The first-order chi connectivity index (χ1) is 8.27. The minimum atomic E-state index is -3.69. The van der Waals surface area contributed by atoms with E-state index < -0.39 is 14.9 Å². The zero-order chi connectivity index (χ0) is 13.9. The van der Waals surface area contributed by atoms with Crippen molar-refractivity contribution >= 4 is 32.0 Å². The molecule has 2 N–H and O–H groups in total. The molecule has 1 heterocycles. The Labute approximate surface area is 109 Å². The number of hydrogen-bond acceptors (Lipinski definition) is 6. The Morgan fingerprint density at radius 2 is 2.11 bits per heavy atom. The second-order valence-electron chi connectivity index (χ2n) is 3.84. The molecule has 0 fully saturated rings. The largest absolute Gasteiger partial charge is 0.372 e. The van der Waals surface area contributed by atoms with E-state index in [-0.39, 0.29) is 20.9 Å². The van der Waals surface area contributed by atoms with Crippen molar-refractivity contribution in [3.63, 3.8) is 0 Å². The maximum Gasteiger partial charge on any atom is 0.304 e. The molecule has 1 aromatic heterocycles. The summed E-state index contributed by atoms with van der Waals surface area (Å²) in [6.45, 7) is 5.64. The number of nitrogens with zero attached hydrogens (tertiary/aromatic N) is 1. The molecule has 18 heavy (non-hydrogen) atoms. The molecule has 9 heteroatoms. The molecule has 0 aliphatic rings. The molecular weight excluding hydrogens is 278 g/mol. The van der Waals surface area contributed by atoms with E-state index in [4.69, 9.17) is 0 Å². The Kier molecular flexibility index (Phi) is 4.65. The molecule has 0 radical (unpaired) electrons. The molecule has 0 saturated carbocycles. The van der Waals surface area contributed by atoms with Crippen molar-refractivity contribution in [2.45, 2.75) is 31.0 Å². The Hall–Kier alpha value is -1.19. The highest BCUT2D eigenvalue weighted by Crippen LogP contribution is 2.36. The van der Waals surface area contributed by atoms with E-state index in [9.17, 15) is 18.5 Å². The third kappa shape index (κ3) is 3.40. The van der Waals surface area contributed by atoms with Gasteiger partial charge >= 0.3 is 5.69 Å². The predicted molar refractivity (Wildman–Crippen MR) is 70.6 cm³/mol. The van der Waals surface area contributed by atoms with E-state index in [1.807, 2.05) is 0 Å². The van der Waals surface area contributed by atoms with Crippen molar-refractivity contribution in [1.29, 1.82) is 0 Å². The lowest BCUT2D eigenvalue weighted by Gasteiger charge is -2.06. The summed E-state index contributed by atoms with van der Waals surface area (Å²) in [5, 5.41) is 13.9. The number of sulfonamides is 1. The average Bonchev–Trinajstić information content (AvgIpc) is 2.61. The van der Waals surface area contributed by atoms with Crippen LogP contribution in [0.4, 0.5) is 10.7 Å². The Morgan fingerprint density at radius 1 is 1.50 bits per heavy atom. The Morgan fingerprint density at radius 3 is 2.56 bits per heavy atom. The lowest BCUT2D eigenvalue weighted by atomic mass is 10.4. The van der Waals surface area contributed by atoms with Gasteiger partial charge < -0.3 is 5.32 Å². The van der Waals surface area contributed by atoms with Crippen LogP contribution in [0.2, 0.25) is 0 Å². The highest BCUT2D eigenvalue weighted by Gasteiger charge is 2.26. The summed E-state index contributed by atoms with van der Waals surface area (Å²) < 4.78 is 26.1. The molecule has 0 aromatic carbocycles. The number of hydrogen-bond donors (Lipinski definition) is 2. The summed E-state index contributed by atoms with van der Waals surface area (Å²) in [4.78, 5) is 10.2. The van der Waals surface area contributed by atoms with Crippen LogP contribution < -0.4 is 10.0 Å². The standard InChI is InChI=1S/C9H15N3O4S2/c1-4-10-9-7(12(13)14)5-8(17-9)18(15,16)11-6(2)3/h5-6,10-11H,4H2,1-3H3. The van der Waals surface area contributed by atoms with Crippen LogP contribution >= 0.6 is 11.3 Å². The van der Waals surface area contributed by atoms with Gasteiger partial charge in [-0.05, 0) is 20.8 Å². The van der Waals surface area contributed by atoms with Gasteiger partial charge in [-0.1, -0.05) is 11.3 Å². The van der Waals surface area contributed by atoms with Gasteiger partial charge in [0, 0.05) is 18.7 Å². The molecular formula is C9H15N3O4S2. The van der Waals surface area contributed by atoms with Gasteiger partial charge in [-0.25, -0.2) is 13.1 Å². The number of rotatable bonds is 6. The summed E-state index contributed by atoms with van der Waals surface area (Å²) in [5.41, 5.74) is -0.217. The smallest absolute Gasteiger partial charge is 0.304 e. The summed E-state index contributed by atoms with van der Waals surface area (Å²) in [7, 11) is -3.69. The fraction of sp³-hybridized carbons (Fsp3) is 0.556. The molecule has 0 spiro atoms. The first kappa shape index (κ1) is 14.9. The molecule has 102 valence electrons. The Balaban J connectivity index is 3.19. The van der Waals surface area contributed by atoms with Crippen molar-refractivity contribution in [2.24, 2.45) is 0 Å². The summed E-state index contributed by atoms with van der Waals surface area (Å²) in [6, 6.07) is 0.812. The topological polar surface area (TPSA) is 101 Å². The van der Waals surface area contributed by atoms with Gasteiger partial charge in [0.15, 0.2) is 5.00 Å². The maximum absolute atomic E-state index is 11.9. The van der Waals surface area contributed by atoms with Gasteiger partial charge in [0.25, 0.3) is 10.0 Å². The Bertz CT molecular complexity index is 536. The second-order valence-corrected chi connectivity index (χ2v) is 6.84. The number of nitro groups is 1. The van der Waals surface area contributed by atoms with Gasteiger partial charge in [-0.15, -0.1) is 0 Å². The van der Waals surface area contributed by atoms with E-state index in [2.05, 4.69) is 10.0 Å². The minimum absolute atomic E-state index is 0.0566. The van der Waals surface area contributed by atoms with Crippen LogP contribution in [0.25, 0.3) is 0 Å². The van der Waals surface area contributed by atoms with E-state index >= 15 is 0 Å². The van der Waals surface area contributed by atoms with Gasteiger partial charge in [-0.3, -0.25) is 10.1 Å². The normalized spacial score (nSPS) is 11.8. The van der Waals surface area contributed by atoms with Crippen molar-refractivity contribution in [1.82, 2.24) is 4.72 Å². The first-order valence-electron chi connectivity index (χ1n) is 5.32. The lowest BCUT2D eigenvalue weighted by molar-refractivity contribution is -0.383. The van der Waals surface area contributed by atoms with E-state index in [1.165, 1.54) is 0 Å². The van der Waals surface area contributed by atoms with E-state index in [0.717, 1.165) is 17.4 Å². The monoisotopic (exact) mass is 293 g/mol.